The molecular weight excluding hydrogens is 338 g/mol. The van der Waals surface area contributed by atoms with Crippen LogP contribution >= 0.6 is 11.8 Å². The van der Waals surface area contributed by atoms with Crippen LogP contribution in [0.5, 0.6) is 0 Å². The number of rotatable bonds is 7. The molecule has 7 heteroatoms. The Morgan fingerprint density at radius 3 is 2.64 bits per heavy atom. The summed E-state index contributed by atoms with van der Waals surface area (Å²) in [5.41, 5.74) is 3.52. The molecule has 1 heterocycles. The van der Waals surface area contributed by atoms with E-state index in [1.807, 2.05) is 29.2 Å². The van der Waals surface area contributed by atoms with Gasteiger partial charge in [-0.15, -0.1) is 0 Å². The van der Waals surface area contributed by atoms with Crippen molar-refractivity contribution >= 4 is 35.3 Å². The van der Waals surface area contributed by atoms with Crippen molar-refractivity contribution < 1.29 is 14.8 Å². The summed E-state index contributed by atoms with van der Waals surface area (Å²) in [6.45, 7) is 2.97. The SMILES string of the molecule is CSCCCC(=O)N1CCN(c2ccccc2/C=C/C(=O)NO)CC1. The first kappa shape index (κ1) is 19.3. The van der Waals surface area contributed by atoms with Gasteiger partial charge in [0.1, 0.15) is 0 Å². The molecule has 1 saturated heterocycles. The number of thioether (sulfide) groups is 1. The molecule has 0 aliphatic carbocycles. The van der Waals surface area contributed by atoms with Gasteiger partial charge in [-0.1, -0.05) is 18.2 Å². The lowest BCUT2D eigenvalue weighted by Crippen LogP contribution is -2.49. The van der Waals surface area contributed by atoms with Gasteiger partial charge in [0.2, 0.25) is 5.91 Å². The van der Waals surface area contributed by atoms with E-state index in [0.717, 1.165) is 36.5 Å². The molecule has 0 spiro atoms. The summed E-state index contributed by atoms with van der Waals surface area (Å²) < 4.78 is 0. The zero-order valence-electron chi connectivity index (χ0n) is 14.5. The van der Waals surface area contributed by atoms with Crippen LogP contribution < -0.4 is 10.4 Å². The Labute approximate surface area is 152 Å². The number of benzene rings is 1. The molecule has 6 nitrogen and oxygen atoms in total. The fourth-order valence-corrected chi connectivity index (χ4v) is 3.27. The van der Waals surface area contributed by atoms with Gasteiger partial charge in [-0.25, -0.2) is 5.48 Å². The van der Waals surface area contributed by atoms with E-state index in [1.165, 1.54) is 6.08 Å². The zero-order chi connectivity index (χ0) is 18.1. The molecule has 136 valence electrons. The van der Waals surface area contributed by atoms with E-state index in [-0.39, 0.29) is 5.91 Å². The number of amides is 2. The maximum absolute atomic E-state index is 12.2. The van der Waals surface area contributed by atoms with Gasteiger partial charge in [-0.3, -0.25) is 14.8 Å². The summed E-state index contributed by atoms with van der Waals surface area (Å²) in [4.78, 5) is 27.6. The second-order valence-electron chi connectivity index (χ2n) is 5.83. The molecule has 2 amide bonds. The largest absolute Gasteiger partial charge is 0.367 e. The number of nitrogens with one attached hydrogen (secondary N) is 1. The topological polar surface area (TPSA) is 72.9 Å². The van der Waals surface area contributed by atoms with Gasteiger partial charge < -0.3 is 9.80 Å². The molecule has 0 unspecified atom stereocenters. The van der Waals surface area contributed by atoms with Crippen molar-refractivity contribution in [1.29, 1.82) is 0 Å². The Hall–Kier alpha value is -1.99. The minimum Gasteiger partial charge on any atom is -0.367 e. The third-order valence-electron chi connectivity index (χ3n) is 4.17. The summed E-state index contributed by atoms with van der Waals surface area (Å²) in [5.74, 6) is 0.698. The smallest absolute Gasteiger partial charge is 0.267 e. The van der Waals surface area contributed by atoms with Gasteiger partial charge in [0.05, 0.1) is 0 Å². The van der Waals surface area contributed by atoms with Crippen LogP contribution in [0.2, 0.25) is 0 Å². The molecule has 0 bridgehead atoms. The van der Waals surface area contributed by atoms with Crippen molar-refractivity contribution in [2.75, 3.05) is 43.1 Å². The van der Waals surface area contributed by atoms with Gasteiger partial charge in [0.15, 0.2) is 0 Å². The number of carbonyl (C=O) groups is 2. The van der Waals surface area contributed by atoms with E-state index in [2.05, 4.69) is 11.2 Å². The molecule has 25 heavy (non-hydrogen) atoms. The van der Waals surface area contributed by atoms with Crippen molar-refractivity contribution in [3.8, 4) is 0 Å². The quantitative estimate of drug-likeness (QED) is 0.335. The summed E-state index contributed by atoms with van der Waals surface area (Å²) in [6.07, 6.45) is 6.59. The van der Waals surface area contributed by atoms with E-state index in [0.29, 0.717) is 19.5 Å². The van der Waals surface area contributed by atoms with Crippen LogP contribution in [-0.2, 0) is 9.59 Å². The molecule has 1 fully saturated rings. The van der Waals surface area contributed by atoms with Gasteiger partial charge in [0.25, 0.3) is 5.91 Å². The lowest BCUT2D eigenvalue weighted by molar-refractivity contribution is -0.131. The lowest BCUT2D eigenvalue weighted by Gasteiger charge is -2.37. The predicted molar refractivity (Wildman–Crippen MR) is 102 cm³/mol. The van der Waals surface area contributed by atoms with E-state index >= 15 is 0 Å². The Bertz CT molecular complexity index is 613. The Morgan fingerprint density at radius 1 is 1.24 bits per heavy atom. The van der Waals surface area contributed by atoms with Crippen LogP contribution in [-0.4, -0.2) is 60.1 Å². The molecule has 1 aromatic rings. The Balaban J connectivity index is 1.95. The normalized spacial score (nSPS) is 14.8. The first-order valence-electron chi connectivity index (χ1n) is 8.38. The van der Waals surface area contributed by atoms with Crippen molar-refractivity contribution in [3.05, 3.63) is 35.9 Å². The fraction of sp³-hybridized carbons (Fsp3) is 0.444. The second-order valence-corrected chi connectivity index (χ2v) is 6.82. The van der Waals surface area contributed by atoms with Crippen molar-refractivity contribution in [1.82, 2.24) is 10.4 Å². The van der Waals surface area contributed by atoms with Crippen LogP contribution in [0.25, 0.3) is 6.08 Å². The van der Waals surface area contributed by atoms with Crippen molar-refractivity contribution in [2.24, 2.45) is 0 Å². The Kier molecular flexibility index (Phi) is 7.81. The standard InChI is InChI=1S/C18H25N3O3S/c1-25-14-4-7-18(23)21-12-10-20(11-13-21)16-6-3-2-5-15(16)8-9-17(22)19-24/h2-3,5-6,8-9,24H,4,7,10-14H2,1H3,(H,19,22)/b9-8+. The Morgan fingerprint density at radius 2 is 1.96 bits per heavy atom. The number of hydrogen-bond acceptors (Lipinski definition) is 5. The number of anilines is 1. The number of nitrogens with zero attached hydrogens (tertiary/aromatic N) is 2. The molecule has 2 rings (SSSR count). The van der Waals surface area contributed by atoms with Crippen molar-refractivity contribution in [2.45, 2.75) is 12.8 Å². The van der Waals surface area contributed by atoms with Gasteiger partial charge in [-0.05, 0) is 36.1 Å². The average Bonchev–Trinajstić information content (AvgIpc) is 2.66. The van der Waals surface area contributed by atoms with Gasteiger partial charge in [-0.2, -0.15) is 11.8 Å². The minimum atomic E-state index is -0.560. The van der Waals surface area contributed by atoms with E-state index in [9.17, 15) is 9.59 Å². The molecule has 0 saturated carbocycles. The zero-order valence-corrected chi connectivity index (χ0v) is 15.3. The maximum Gasteiger partial charge on any atom is 0.267 e. The van der Waals surface area contributed by atoms with Crippen LogP contribution in [0.1, 0.15) is 18.4 Å². The summed E-state index contributed by atoms with van der Waals surface area (Å²) in [7, 11) is 0. The highest BCUT2D eigenvalue weighted by atomic mass is 32.2. The van der Waals surface area contributed by atoms with E-state index < -0.39 is 5.91 Å². The lowest BCUT2D eigenvalue weighted by atomic mass is 10.1. The number of hydrogen-bond donors (Lipinski definition) is 2. The first-order chi connectivity index (χ1) is 12.2. The first-order valence-corrected chi connectivity index (χ1v) is 9.78. The van der Waals surface area contributed by atoms with Crippen molar-refractivity contribution in [3.63, 3.8) is 0 Å². The third-order valence-corrected chi connectivity index (χ3v) is 4.87. The number of hydroxylamine groups is 1. The predicted octanol–water partition coefficient (Wildman–Crippen LogP) is 2.00. The summed E-state index contributed by atoms with van der Waals surface area (Å²) in [6, 6.07) is 7.80. The fourth-order valence-electron chi connectivity index (χ4n) is 2.84. The molecular formula is C18H25N3O3S. The number of piperazine rings is 1. The number of carbonyl (C=O) groups excluding carboxylic acids is 2. The molecule has 1 aliphatic heterocycles. The summed E-state index contributed by atoms with van der Waals surface area (Å²) in [5, 5.41) is 8.59. The van der Waals surface area contributed by atoms with Crippen LogP contribution in [0.4, 0.5) is 5.69 Å². The van der Waals surface area contributed by atoms with E-state index in [4.69, 9.17) is 5.21 Å². The van der Waals surface area contributed by atoms with Crippen LogP contribution in [0.15, 0.2) is 30.3 Å². The minimum absolute atomic E-state index is 0.237. The highest BCUT2D eigenvalue weighted by molar-refractivity contribution is 7.98. The molecule has 0 aromatic heterocycles. The average molecular weight is 363 g/mol. The molecule has 0 radical (unpaired) electrons. The molecule has 1 aliphatic rings. The maximum atomic E-state index is 12.2. The highest BCUT2D eigenvalue weighted by Crippen LogP contribution is 2.23. The van der Waals surface area contributed by atoms with Crippen LogP contribution in [0, 0.1) is 0 Å². The third kappa shape index (κ3) is 5.79. The van der Waals surface area contributed by atoms with Gasteiger partial charge in [0, 0.05) is 44.4 Å². The van der Waals surface area contributed by atoms with Gasteiger partial charge >= 0.3 is 0 Å². The monoisotopic (exact) mass is 363 g/mol. The summed E-state index contributed by atoms with van der Waals surface area (Å²) >= 11 is 1.77. The van der Waals surface area contributed by atoms with E-state index in [1.54, 1.807) is 23.3 Å². The second kappa shape index (κ2) is 10.1. The van der Waals surface area contributed by atoms with Crippen LogP contribution in [0.3, 0.4) is 0 Å². The molecule has 0 atom stereocenters. The number of para-hydroxylation sites is 1. The molecule has 2 N–H and O–H groups in total. The highest BCUT2D eigenvalue weighted by Gasteiger charge is 2.21. The molecule has 1 aromatic carbocycles.